The van der Waals surface area contributed by atoms with Crippen molar-refractivity contribution in [2.24, 2.45) is 0 Å². The van der Waals surface area contributed by atoms with Crippen LogP contribution in [0.5, 0.6) is 0 Å². The van der Waals surface area contributed by atoms with E-state index in [1.165, 1.54) is 23.1 Å². The third-order valence-corrected chi connectivity index (χ3v) is 3.96. The minimum Gasteiger partial charge on any atom is -0.399 e. The van der Waals surface area contributed by atoms with Gasteiger partial charge in [-0.05, 0) is 35.6 Å². The van der Waals surface area contributed by atoms with E-state index in [1.807, 2.05) is 12.1 Å². The summed E-state index contributed by atoms with van der Waals surface area (Å²) in [7, 11) is 0. The molecule has 2 aromatic rings. The standard InChI is InChI=1S/C17H20N2/c18-17-8-4-3-6-15(17)10-12-19-11-9-14-5-1-2-7-16(14)13-19/h1-8H,9-13,18H2. The zero-order chi connectivity index (χ0) is 13.1. The fourth-order valence-electron chi connectivity index (χ4n) is 2.79. The molecule has 0 fully saturated rings. The molecule has 1 heterocycles. The molecular formula is C17H20N2. The van der Waals surface area contributed by atoms with Crippen LogP contribution >= 0.6 is 0 Å². The molecule has 1 aliphatic rings. The summed E-state index contributed by atoms with van der Waals surface area (Å²) >= 11 is 0. The van der Waals surface area contributed by atoms with Crippen molar-refractivity contribution in [2.45, 2.75) is 19.4 Å². The molecule has 0 saturated heterocycles. The van der Waals surface area contributed by atoms with Crippen molar-refractivity contribution < 1.29 is 0 Å². The maximum absolute atomic E-state index is 5.99. The monoisotopic (exact) mass is 252 g/mol. The van der Waals surface area contributed by atoms with Gasteiger partial charge >= 0.3 is 0 Å². The third-order valence-electron chi connectivity index (χ3n) is 3.96. The molecule has 0 amide bonds. The molecule has 0 saturated carbocycles. The summed E-state index contributed by atoms with van der Waals surface area (Å²) in [5, 5.41) is 0. The Kier molecular flexibility index (Phi) is 3.51. The molecule has 19 heavy (non-hydrogen) atoms. The van der Waals surface area contributed by atoms with E-state index >= 15 is 0 Å². The van der Waals surface area contributed by atoms with Crippen LogP contribution < -0.4 is 5.73 Å². The molecule has 2 aromatic carbocycles. The number of benzene rings is 2. The van der Waals surface area contributed by atoms with Crippen molar-refractivity contribution in [3.8, 4) is 0 Å². The molecule has 0 radical (unpaired) electrons. The van der Waals surface area contributed by atoms with Crippen LogP contribution in [0.2, 0.25) is 0 Å². The van der Waals surface area contributed by atoms with Crippen molar-refractivity contribution >= 4 is 5.69 Å². The molecule has 2 N–H and O–H groups in total. The molecule has 1 aliphatic heterocycles. The van der Waals surface area contributed by atoms with E-state index in [9.17, 15) is 0 Å². The Morgan fingerprint density at radius 1 is 0.947 bits per heavy atom. The average Bonchev–Trinajstić information content (AvgIpc) is 2.46. The van der Waals surface area contributed by atoms with E-state index in [0.717, 1.165) is 31.7 Å². The number of hydrogen-bond acceptors (Lipinski definition) is 2. The minimum atomic E-state index is 0.917. The molecule has 0 aromatic heterocycles. The van der Waals surface area contributed by atoms with Gasteiger partial charge in [-0.2, -0.15) is 0 Å². The largest absolute Gasteiger partial charge is 0.399 e. The lowest BCUT2D eigenvalue weighted by Gasteiger charge is -2.28. The fourth-order valence-corrected chi connectivity index (χ4v) is 2.79. The summed E-state index contributed by atoms with van der Waals surface area (Å²) in [5.74, 6) is 0. The summed E-state index contributed by atoms with van der Waals surface area (Å²) < 4.78 is 0. The molecule has 2 heteroatoms. The molecular weight excluding hydrogens is 232 g/mol. The van der Waals surface area contributed by atoms with E-state index in [4.69, 9.17) is 5.73 Å². The first kappa shape index (κ1) is 12.2. The predicted molar refractivity (Wildman–Crippen MR) is 80.0 cm³/mol. The predicted octanol–water partition coefficient (Wildman–Crippen LogP) is 2.87. The van der Waals surface area contributed by atoms with E-state index in [-0.39, 0.29) is 0 Å². The number of anilines is 1. The Morgan fingerprint density at radius 2 is 1.68 bits per heavy atom. The third kappa shape index (κ3) is 2.79. The van der Waals surface area contributed by atoms with Crippen LogP contribution in [0.4, 0.5) is 5.69 Å². The minimum absolute atomic E-state index is 0.917. The molecule has 0 spiro atoms. The first-order chi connectivity index (χ1) is 9.33. The SMILES string of the molecule is Nc1ccccc1CCN1CCc2ccccc2C1. The number of nitrogens with two attached hydrogens (primary N) is 1. The van der Waals surface area contributed by atoms with Crippen molar-refractivity contribution in [2.75, 3.05) is 18.8 Å². The van der Waals surface area contributed by atoms with Gasteiger partial charge in [0, 0.05) is 25.3 Å². The van der Waals surface area contributed by atoms with Gasteiger partial charge in [-0.1, -0.05) is 42.5 Å². The van der Waals surface area contributed by atoms with Crippen LogP contribution in [0.1, 0.15) is 16.7 Å². The maximum Gasteiger partial charge on any atom is 0.0347 e. The first-order valence-corrected chi connectivity index (χ1v) is 6.95. The van der Waals surface area contributed by atoms with Crippen LogP contribution in [0, 0.1) is 0 Å². The van der Waals surface area contributed by atoms with E-state index < -0.39 is 0 Å². The Balaban J connectivity index is 1.62. The van der Waals surface area contributed by atoms with E-state index in [0.29, 0.717) is 0 Å². The molecule has 0 aliphatic carbocycles. The number of rotatable bonds is 3. The Hall–Kier alpha value is -1.80. The van der Waals surface area contributed by atoms with Crippen LogP contribution in [0.3, 0.4) is 0 Å². The molecule has 0 unspecified atom stereocenters. The molecule has 0 bridgehead atoms. The van der Waals surface area contributed by atoms with Gasteiger partial charge in [-0.15, -0.1) is 0 Å². The van der Waals surface area contributed by atoms with Gasteiger partial charge in [0.05, 0.1) is 0 Å². The molecule has 3 rings (SSSR count). The molecule has 0 atom stereocenters. The highest BCUT2D eigenvalue weighted by molar-refractivity contribution is 5.46. The Bertz CT molecular complexity index is 563. The second kappa shape index (κ2) is 5.45. The Morgan fingerprint density at radius 3 is 2.53 bits per heavy atom. The first-order valence-electron chi connectivity index (χ1n) is 6.95. The highest BCUT2D eigenvalue weighted by atomic mass is 15.1. The highest BCUT2D eigenvalue weighted by Crippen LogP contribution is 2.19. The van der Waals surface area contributed by atoms with Gasteiger partial charge < -0.3 is 5.73 Å². The van der Waals surface area contributed by atoms with Crippen LogP contribution in [0.25, 0.3) is 0 Å². The summed E-state index contributed by atoms with van der Waals surface area (Å²) in [4.78, 5) is 2.52. The summed E-state index contributed by atoms with van der Waals surface area (Å²) in [6, 6.07) is 17.0. The van der Waals surface area contributed by atoms with Crippen LogP contribution in [-0.4, -0.2) is 18.0 Å². The van der Waals surface area contributed by atoms with Gasteiger partial charge in [0.25, 0.3) is 0 Å². The summed E-state index contributed by atoms with van der Waals surface area (Å²) in [6.07, 6.45) is 2.20. The average molecular weight is 252 g/mol. The Labute approximate surface area is 114 Å². The lowest BCUT2D eigenvalue weighted by atomic mass is 9.99. The van der Waals surface area contributed by atoms with E-state index in [2.05, 4.69) is 41.3 Å². The van der Waals surface area contributed by atoms with Crippen molar-refractivity contribution in [3.05, 3.63) is 65.2 Å². The normalized spacial score (nSPS) is 15.2. The van der Waals surface area contributed by atoms with Gasteiger partial charge in [-0.25, -0.2) is 0 Å². The van der Waals surface area contributed by atoms with Crippen LogP contribution in [0.15, 0.2) is 48.5 Å². The van der Waals surface area contributed by atoms with Gasteiger partial charge in [0.15, 0.2) is 0 Å². The van der Waals surface area contributed by atoms with E-state index in [1.54, 1.807) is 0 Å². The smallest absolute Gasteiger partial charge is 0.0347 e. The lowest BCUT2D eigenvalue weighted by molar-refractivity contribution is 0.257. The number of para-hydroxylation sites is 1. The highest BCUT2D eigenvalue weighted by Gasteiger charge is 2.15. The van der Waals surface area contributed by atoms with Gasteiger partial charge in [0.2, 0.25) is 0 Å². The second-order valence-corrected chi connectivity index (χ2v) is 5.24. The summed E-state index contributed by atoms with van der Waals surface area (Å²) in [6.45, 7) is 3.31. The quantitative estimate of drug-likeness (QED) is 0.851. The van der Waals surface area contributed by atoms with Gasteiger partial charge in [-0.3, -0.25) is 4.90 Å². The van der Waals surface area contributed by atoms with Crippen molar-refractivity contribution in [1.29, 1.82) is 0 Å². The lowest BCUT2D eigenvalue weighted by Crippen LogP contribution is -2.32. The molecule has 98 valence electrons. The number of hydrogen-bond donors (Lipinski definition) is 1. The second-order valence-electron chi connectivity index (χ2n) is 5.24. The van der Waals surface area contributed by atoms with Crippen molar-refractivity contribution in [3.63, 3.8) is 0 Å². The topological polar surface area (TPSA) is 29.3 Å². The van der Waals surface area contributed by atoms with Gasteiger partial charge in [0.1, 0.15) is 0 Å². The number of fused-ring (bicyclic) bond motifs is 1. The van der Waals surface area contributed by atoms with Crippen LogP contribution in [-0.2, 0) is 19.4 Å². The van der Waals surface area contributed by atoms with Crippen molar-refractivity contribution in [1.82, 2.24) is 4.90 Å². The zero-order valence-electron chi connectivity index (χ0n) is 11.2. The molecule has 2 nitrogen and oxygen atoms in total. The maximum atomic E-state index is 5.99. The zero-order valence-corrected chi connectivity index (χ0v) is 11.2. The summed E-state index contributed by atoms with van der Waals surface area (Å²) in [5.41, 5.74) is 11.2. The number of nitrogen functional groups attached to an aromatic ring is 1. The number of nitrogens with zero attached hydrogens (tertiary/aromatic N) is 1. The fraction of sp³-hybridized carbons (Fsp3) is 0.294.